The Kier molecular flexibility index (Phi) is 44.1. The van der Waals surface area contributed by atoms with E-state index in [1.807, 2.05) is 0 Å². The van der Waals surface area contributed by atoms with E-state index < -0.39 is 18.2 Å². The normalized spacial score (nSPS) is 13.8. The quantitative estimate of drug-likeness (QED) is 0.0367. The van der Waals surface area contributed by atoms with E-state index in [0.29, 0.717) is 12.8 Å². The first-order valence-electron chi connectivity index (χ1n) is 24.3. The number of carbonyl (C=O) groups excluding carboxylic acids is 1. The minimum Gasteiger partial charge on any atom is -0.394 e. The highest BCUT2D eigenvalue weighted by Crippen LogP contribution is 2.15. The number of rotatable bonds is 44. The van der Waals surface area contributed by atoms with Crippen LogP contribution < -0.4 is 5.32 Å². The third-order valence-electron chi connectivity index (χ3n) is 11.2. The second-order valence-corrected chi connectivity index (χ2v) is 16.6. The first-order chi connectivity index (χ1) is 27.1. The van der Waals surface area contributed by atoms with Crippen molar-refractivity contribution in [3.63, 3.8) is 0 Å². The molecule has 55 heavy (non-hydrogen) atoms. The lowest BCUT2D eigenvalue weighted by molar-refractivity contribution is -0.124. The summed E-state index contributed by atoms with van der Waals surface area (Å²) in [5.41, 5.74) is 0. The highest BCUT2D eigenvalue weighted by atomic mass is 16.3. The molecule has 0 radical (unpaired) electrons. The van der Waals surface area contributed by atoms with E-state index in [1.54, 1.807) is 0 Å². The Morgan fingerprint density at radius 1 is 0.436 bits per heavy atom. The minimum atomic E-state index is -1.17. The molecule has 3 unspecified atom stereocenters. The van der Waals surface area contributed by atoms with Crippen LogP contribution in [-0.2, 0) is 4.79 Å². The van der Waals surface area contributed by atoms with Gasteiger partial charge in [-0.1, -0.05) is 204 Å². The molecule has 0 aliphatic rings. The Morgan fingerprint density at radius 2 is 0.745 bits per heavy atom. The number of aliphatic hydroxyl groups is 3. The number of unbranched alkanes of at least 4 members (excludes halogenated alkanes) is 30. The van der Waals surface area contributed by atoms with Gasteiger partial charge in [0.15, 0.2) is 0 Å². The average molecular weight is 774 g/mol. The standard InChI is InChI=1S/C50H95NO4/c1-3-5-7-9-11-13-15-17-19-21-23-24-25-26-27-28-30-32-34-36-38-40-42-44-48(53)50(55)47(46-52)51-49(54)45-43-41-39-37-35-33-31-29-22-20-18-16-14-12-10-8-6-4-2/h28-31,36,38,47-48,50,52-53,55H,3-27,32-35,37,39-46H2,1-2H3,(H,51,54)/b30-28+,31-29-,38-36+. The summed E-state index contributed by atoms with van der Waals surface area (Å²) in [5, 5.41) is 33.6. The van der Waals surface area contributed by atoms with Crippen LogP contribution in [0.15, 0.2) is 36.5 Å². The minimum absolute atomic E-state index is 0.165. The van der Waals surface area contributed by atoms with Gasteiger partial charge in [-0.2, -0.15) is 0 Å². The maximum Gasteiger partial charge on any atom is 0.220 e. The fraction of sp³-hybridized carbons (Fsp3) is 0.860. The van der Waals surface area contributed by atoms with E-state index in [1.165, 1.54) is 173 Å². The number of hydrogen-bond donors (Lipinski definition) is 4. The molecule has 5 heteroatoms. The molecule has 0 saturated carbocycles. The van der Waals surface area contributed by atoms with Gasteiger partial charge >= 0.3 is 0 Å². The van der Waals surface area contributed by atoms with E-state index >= 15 is 0 Å². The van der Waals surface area contributed by atoms with E-state index in [2.05, 4.69) is 55.6 Å². The predicted octanol–water partition coefficient (Wildman–Crippen LogP) is 14.3. The van der Waals surface area contributed by atoms with Crippen LogP contribution >= 0.6 is 0 Å². The molecule has 324 valence electrons. The largest absolute Gasteiger partial charge is 0.394 e. The van der Waals surface area contributed by atoms with Crippen molar-refractivity contribution in [3.05, 3.63) is 36.5 Å². The number of allylic oxidation sites excluding steroid dienone is 6. The van der Waals surface area contributed by atoms with E-state index in [-0.39, 0.29) is 12.5 Å². The Bertz CT molecular complexity index is 855. The summed E-state index contributed by atoms with van der Waals surface area (Å²) in [6, 6.07) is -0.836. The fourth-order valence-corrected chi connectivity index (χ4v) is 7.41. The Balaban J connectivity index is 3.67. The van der Waals surface area contributed by atoms with Crippen molar-refractivity contribution in [2.45, 2.75) is 270 Å². The SMILES string of the molecule is CCCCCCCCCCC/C=C\CCCCCCCC(=O)NC(CO)C(O)C(O)CCC/C=C/CC/C=C/CCCCCCCCCCCCCCCC. The summed E-state index contributed by atoms with van der Waals surface area (Å²) in [6.45, 7) is 4.17. The third-order valence-corrected chi connectivity index (χ3v) is 11.2. The number of amides is 1. The molecule has 1 amide bonds. The van der Waals surface area contributed by atoms with Gasteiger partial charge in [0.2, 0.25) is 5.91 Å². The summed E-state index contributed by atoms with van der Waals surface area (Å²) in [7, 11) is 0. The highest BCUT2D eigenvalue weighted by molar-refractivity contribution is 5.76. The molecule has 5 nitrogen and oxygen atoms in total. The number of aliphatic hydroxyl groups excluding tert-OH is 3. The molecule has 0 fully saturated rings. The summed E-state index contributed by atoms with van der Waals surface area (Å²) >= 11 is 0. The smallest absolute Gasteiger partial charge is 0.220 e. The number of hydrogen-bond acceptors (Lipinski definition) is 4. The van der Waals surface area contributed by atoms with Gasteiger partial charge in [0.25, 0.3) is 0 Å². The van der Waals surface area contributed by atoms with Crippen molar-refractivity contribution >= 4 is 5.91 Å². The first-order valence-corrected chi connectivity index (χ1v) is 24.3. The van der Waals surface area contributed by atoms with Crippen LogP contribution in [0.1, 0.15) is 251 Å². The first kappa shape index (κ1) is 53.6. The van der Waals surface area contributed by atoms with Gasteiger partial charge in [-0.3, -0.25) is 4.79 Å². The topological polar surface area (TPSA) is 89.8 Å². The zero-order valence-electron chi connectivity index (χ0n) is 36.8. The Morgan fingerprint density at radius 3 is 1.11 bits per heavy atom. The van der Waals surface area contributed by atoms with Gasteiger partial charge < -0.3 is 20.6 Å². The van der Waals surface area contributed by atoms with Gasteiger partial charge in [-0.25, -0.2) is 0 Å². The van der Waals surface area contributed by atoms with Gasteiger partial charge in [-0.15, -0.1) is 0 Å². The molecule has 4 N–H and O–H groups in total. The van der Waals surface area contributed by atoms with Gasteiger partial charge in [0, 0.05) is 6.42 Å². The Hall–Kier alpha value is -1.43. The molecular formula is C50H95NO4. The lowest BCUT2D eigenvalue weighted by Crippen LogP contribution is -2.50. The van der Waals surface area contributed by atoms with Gasteiger partial charge in [-0.05, 0) is 77.0 Å². The van der Waals surface area contributed by atoms with Crippen LogP contribution in [0, 0.1) is 0 Å². The van der Waals surface area contributed by atoms with E-state index in [0.717, 1.165) is 51.4 Å². The molecule has 0 aromatic heterocycles. The van der Waals surface area contributed by atoms with Crippen molar-refractivity contribution in [1.82, 2.24) is 5.32 Å². The third kappa shape index (κ3) is 40.6. The fourth-order valence-electron chi connectivity index (χ4n) is 7.41. The van der Waals surface area contributed by atoms with Crippen LogP contribution in [0.3, 0.4) is 0 Å². The summed E-state index contributed by atoms with van der Waals surface area (Å²) in [6.07, 6.45) is 57.0. The zero-order chi connectivity index (χ0) is 40.1. The molecule has 0 bridgehead atoms. The number of carbonyl (C=O) groups is 1. The van der Waals surface area contributed by atoms with Crippen molar-refractivity contribution in [3.8, 4) is 0 Å². The summed E-state index contributed by atoms with van der Waals surface area (Å²) in [5.74, 6) is -0.165. The van der Waals surface area contributed by atoms with Crippen LogP contribution in [0.4, 0.5) is 0 Å². The molecule has 3 atom stereocenters. The van der Waals surface area contributed by atoms with Crippen LogP contribution in [-0.4, -0.2) is 46.1 Å². The monoisotopic (exact) mass is 774 g/mol. The molecule has 0 aliphatic carbocycles. The molecule has 0 aromatic carbocycles. The van der Waals surface area contributed by atoms with Gasteiger partial charge in [0.05, 0.1) is 18.8 Å². The summed E-state index contributed by atoms with van der Waals surface area (Å²) in [4.78, 5) is 12.4. The average Bonchev–Trinajstić information content (AvgIpc) is 3.19. The lowest BCUT2D eigenvalue weighted by atomic mass is 10.0. The highest BCUT2D eigenvalue weighted by Gasteiger charge is 2.26. The Labute approximate surface area is 343 Å². The molecule has 0 aliphatic heterocycles. The second-order valence-electron chi connectivity index (χ2n) is 16.6. The van der Waals surface area contributed by atoms with Crippen molar-refractivity contribution in [1.29, 1.82) is 0 Å². The van der Waals surface area contributed by atoms with Crippen LogP contribution in [0.2, 0.25) is 0 Å². The van der Waals surface area contributed by atoms with Crippen LogP contribution in [0.5, 0.6) is 0 Å². The predicted molar refractivity (Wildman–Crippen MR) is 241 cm³/mol. The van der Waals surface area contributed by atoms with Crippen molar-refractivity contribution in [2.24, 2.45) is 0 Å². The van der Waals surface area contributed by atoms with E-state index in [9.17, 15) is 20.1 Å². The molecule has 0 heterocycles. The maximum absolute atomic E-state index is 12.4. The van der Waals surface area contributed by atoms with E-state index in [4.69, 9.17) is 0 Å². The number of nitrogens with one attached hydrogen (secondary N) is 1. The molecule has 0 rings (SSSR count). The lowest BCUT2D eigenvalue weighted by Gasteiger charge is -2.26. The van der Waals surface area contributed by atoms with Gasteiger partial charge in [0.1, 0.15) is 6.10 Å². The van der Waals surface area contributed by atoms with Crippen molar-refractivity contribution in [2.75, 3.05) is 6.61 Å². The summed E-state index contributed by atoms with van der Waals surface area (Å²) < 4.78 is 0. The van der Waals surface area contributed by atoms with Crippen molar-refractivity contribution < 1.29 is 20.1 Å². The molecule has 0 aromatic rings. The van der Waals surface area contributed by atoms with Crippen LogP contribution in [0.25, 0.3) is 0 Å². The maximum atomic E-state index is 12.4. The molecule has 0 spiro atoms. The second kappa shape index (κ2) is 45.3. The molecule has 0 saturated heterocycles. The molecular weight excluding hydrogens is 679 g/mol. The zero-order valence-corrected chi connectivity index (χ0v) is 36.8.